The lowest BCUT2D eigenvalue weighted by atomic mass is 10.1. The molecular formula is C13H18N4O4. The maximum Gasteiger partial charge on any atom is 0.292 e. The van der Waals surface area contributed by atoms with Crippen molar-refractivity contribution in [2.24, 2.45) is 0 Å². The highest BCUT2D eigenvalue weighted by Gasteiger charge is 2.16. The van der Waals surface area contributed by atoms with E-state index in [1.807, 2.05) is 6.92 Å². The second-order valence-corrected chi connectivity index (χ2v) is 4.27. The van der Waals surface area contributed by atoms with Crippen LogP contribution in [0.3, 0.4) is 0 Å². The Morgan fingerprint density at radius 1 is 1.33 bits per heavy atom. The summed E-state index contributed by atoms with van der Waals surface area (Å²) >= 11 is 0. The molecule has 0 aromatic heterocycles. The number of nitro groups is 1. The normalized spacial score (nSPS) is 9.81. The molecule has 0 heterocycles. The van der Waals surface area contributed by atoms with Gasteiger partial charge in [0.05, 0.1) is 11.5 Å². The SMILES string of the molecule is CCCNc1cc(C(=O)NCC(=O)NC)ccc1[N+](=O)[O-]. The number of benzene rings is 1. The first-order chi connectivity index (χ1) is 9.99. The number of hydrogen-bond donors (Lipinski definition) is 3. The van der Waals surface area contributed by atoms with E-state index in [0.717, 1.165) is 6.42 Å². The first-order valence-electron chi connectivity index (χ1n) is 6.50. The number of nitrogens with zero attached hydrogens (tertiary/aromatic N) is 1. The molecule has 0 aliphatic rings. The lowest BCUT2D eigenvalue weighted by Crippen LogP contribution is -2.35. The van der Waals surface area contributed by atoms with Crippen molar-refractivity contribution < 1.29 is 14.5 Å². The van der Waals surface area contributed by atoms with E-state index in [9.17, 15) is 19.7 Å². The number of anilines is 1. The molecule has 0 saturated carbocycles. The van der Waals surface area contributed by atoms with Crippen molar-refractivity contribution in [3.05, 3.63) is 33.9 Å². The van der Waals surface area contributed by atoms with Crippen molar-refractivity contribution in [2.45, 2.75) is 13.3 Å². The Bertz CT molecular complexity index is 545. The standard InChI is InChI=1S/C13H18N4O4/c1-3-6-15-10-7-9(4-5-11(10)17(20)21)13(19)16-8-12(18)14-2/h4-5,7,15H,3,6,8H2,1-2H3,(H,14,18)(H,16,19). The van der Waals surface area contributed by atoms with E-state index >= 15 is 0 Å². The molecule has 0 radical (unpaired) electrons. The third kappa shape index (κ3) is 4.75. The highest BCUT2D eigenvalue weighted by Crippen LogP contribution is 2.25. The van der Waals surface area contributed by atoms with Crippen molar-refractivity contribution in [3.63, 3.8) is 0 Å². The van der Waals surface area contributed by atoms with Crippen LogP contribution in [0.5, 0.6) is 0 Å². The molecule has 2 amide bonds. The van der Waals surface area contributed by atoms with Gasteiger partial charge in [0.15, 0.2) is 0 Å². The fourth-order valence-corrected chi connectivity index (χ4v) is 1.59. The zero-order chi connectivity index (χ0) is 15.8. The number of nitro benzene ring substituents is 1. The number of amides is 2. The molecule has 1 aromatic rings. The van der Waals surface area contributed by atoms with Crippen LogP contribution in [0.2, 0.25) is 0 Å². The van der Waals surface area contributed by atoms with Crippen molar-refractivity contribution in [2.75, 3.05) is 25.5 Å². The lowest BCUT2D eigenvalue weighted by Gasteiger charge is -2.09. The van der Waals surface area contributed by atoms with E-state index < -0.39 is 10.8 Å². The molecule has 0 unspecified atom stereocenters. The molecule has 1 rings (SSSR count). The van der Waals surface area contributed by atoms with E-state index in [1.54, 1.807) is 0 Å². The summed E-state index contributed by atoms with van der Waals surface area (Å²) in [5, 5.41) is 18.7. The molecule has 8 heteroatoms. The molecular weight excluding hydrogens is 276 g/mol. The quantitative estimate of drug-likeness (QED) is 0.510. The summed E-state index contributed by atoms with van der Waals surface area (Å²) in [6, 6.07) is 4.04. The van der Waals surface area contributed by atoms with Crippen LogP contribution in [0.4, 0.5) is 11.4 Å². The first kappa shape index (κ1) is 16.4. The van der Waals surface area contributed by atoms with E-state index in [-0.39, 0.29) is 29.4 Å². The van der Waals surface area contributed by atoms with Gasteiger partial charge in [0, 0.05) is 25.2 Å². The topological polar surface area (TPSA) is 113 Å². The summed E-state index contributed by atoms with van der Waals surface area (Å²) in [6.45, 7) is 2.34. The van der Waals surface area contributed by atoms with Gasteiger partial charge in [-0.3, -0.25) is 19.7 Å². The monoisotopic (exact) mass is 294 g/mol. The van der Waals surface area contributed by atoms with E-state index in [1.165, 1.54) is 25.2 Å². The zero-order valence-electron chi connectivity index (χ0n) is 11.9. The lowest BCUT2D eigenvalue weighted by molar-refractivity contribution is -0.384. The summed E-state index contributed by atoms with van der Waals surface area (Å²) in [7, 11) is 1.47. The predicted molar refractivity (Wildman–Crippen MR) is 78.3 cm³/mol. The van der Waals surface area contributed by atoms with Gasteiger partial charge >= 0.3 is 0 Å². The summed E-state index contributed by atoms with van der Waals surface area (Å²) in [5.41, 5.74) is 0.448. The fraction of sp³-hybridized carbons (Fsp3) is 0.385. The third-order valence-electron chi connectivity index (χ3n) is 2.71. The molecule has 1 aromatic carbocycles. The van der Waals surface area contributed by atoms with Crippen LogP contribution in [0.15, 0.2) is 18.2 Å². The van der Waals surface area contributed by atoms with E-state index in [2.05, 4.69) is 16.0 Å². The molecule has 0 aliphatic heterocycles. The predicted octanol–water partition coefficient (Wildman–Crippen LogP) is 0.892. The van der Waals surface area contributed by atoms with Gasteiger partial charge in [-0.2, -0.15) is 0 Å². The van der Waals surface area contributed by atoms with Crippen molar-refractivity contribution in [1.29, 1.82) is 0 Å². The molecule has 0 bridgehead atoms. The van der Waals surface area contributed by atoms with Crippen LogP contribution in [-0.2, 0) is 4.79 Å². The molecule has 21 heavy (non-hydrogen) atoms. The Kier molecular flexibility index (Phi) is 6.12. The maximum absolute atomic E-state index is 11.9. The van der Waals surface area contributed by atoms with Crippen molar-refractivity contribution in [3.8, 4) is 0 Å². The zero-order valence-corrected chi connectivity index (χ0v) is 11.9. The number of rotatable bonds is 7. The average molecular weight is 294 g/mol. The minimum atomic E-state index is -0.510. The molecule has 0 spiro atoms. The molecule has 0 aliphatic carbocycles. The Morgan fingerprint density at radius 3 is 2.62 bits per heavy atom. The smallest absolute Gasteiger partial charge is 0.292 e. The number of hydrogen-bond acceptors (Lipinski definition) is 5. The minimum absolute atomic E-state index is 0.0914. The Balaban J connectivity index is 2.90. The Morgan fingerprint density at radius 2 is 2.05 bits per heavy atom. The highest BCUT2D eigenvalue weighted by molar-refractivity contribution is 5.97. The molecule has 0 saturated heterocycles. The number of carbonyl (C=O) groups is 2. The van der Waals surface area contributed by atoms with Gasteiger partial charge in [0.25, 0.3) is 11.6 Å². The largest absolute Gasteiger partial charge is 0.379 e. The number of carbonyl (C=O) groups excluding carboxylic acids is 2. The Hall–Kier alpha value is -2.64. The molecule has 114 valence electrons. The van der Waals surface area contributed by atoms with E-state index in [0.29, 0.717) is 6.54 Å². The molecule has 3 N–H and O–H groups in total. The summed E-state index contributed by atoms with van der Waals surface area (Å²) in [4.78, 5) is 33.4. The fourth-order valence-electron chi connectivity index (χ4n) is 1.59. The summed E-state index contributed by atoms with van der Waals surface area (Å²) in [5.74, 6) is -0.789. The van der Waals surface area contributed by atoms with Gasteiger partial charge < -0.3 is 16.0 Å². The summed E-state index contributed by atoms with van der Waals surface area (Å²) < 4.78 is 0. The molecule has 0 atom stereocenters. The highest BCUT2D eigenvalue weighted by atomic mass is 16.6. The molecule has 8 nitrogen and oxygen atoms in total. The van der Waals surface area contributed by atoms with Crippen LogP contribution >= 0.6 is 0 Å². The third-order valence-corrected chi connectivity index (χ3v) is 2.71. The van der Waals surface area contributed by atoms with Gasteiger partial charge in [-0.25, -0.2) is 0 Å². The van der Waals surface area contributed by atoms with Crippen LogP contribution in [0.25, 0.3) is 0 Å². The van der Waals surface area contributed by atoms with Crippen LogP contribution in [0.1, 0.15) is 23.7 Å². The van der Waals surface area contributed by atoms with Gasteiger partial charge in [0.2, 0.25) is 5.91 Å². The number of likely N-dealkylation sites (N-methyl/N-ethyl adjacent to an activating group) is 1. The Labute approximate surface area is 122 Å². The maximum atomic E-state index is 11.9. The average Bonchev–Trinajstić information content (AvgIpc) is 2.49. The second kappa shape index (κ2) is 7.83. The first-order valence-corrected chi connectivity index (χ1v) is 6.50. The van der Waals surface area contributed by atoms with Crippen LogP contribution in [0, 0.1) is 10.1 Å². The van der Waals surface area contributed by atoms with Crippen molar-refractivity contribution in [1.82, 2.24) is 10.6 Å². The van der Waals surface area contributed by atoms with Gasteiger partial charge in [-0.05, 0) is 18.6 Å². The number of nitrogens with one attached hydrogen (secondary N) is 3. The minimum Gasteiger partial charge on any atom is -0.379 e. The second-order valence-electron chi connectivity index (χ2n) is 4.27. The van der Waals surface area contributed by atoms with E-state index in [4.69, 9.17) is 0 Å². The van der Waals surface area contributed by atoms with Gasteiger partial charge in [-0.1, -0.05) is 6.92 Å². The molecule has 0 fully saturated rings. The van der Waals surface area contributed by atoms with Crippen LogP contribution in [-0.4, -0.2) is 36.9 Å². The van der Waals surface area contributed by atoms with Crippen LogP contribution < -0.4 is 16.0 Å². The summed E-state index contributed by atoms with van der Waals surface area (Å²) in [6.07, 6.45) is 0.796. The van der Waals surface area contributed by atoms with Gasteiger partial charge in [0.1, 0.15) is 5.69 Å². The van der Waals surface area contributed by atoms with Gasteiger partial charge in [-0.15, -0.1) is 0 Å². The van der Waals surface area contributed by atoms with Crippen molar-refractivity contribution >= 4 is 23.2 Å².